The molecule has 0 radical (unpaired) electrons. The summed E-state index contributed by atoms with van der Waals surface area (Å²) in [5.74, 6) is 0.953. The number of ether oxygens (including phenoxy) is 2. The molecule has 1 atom stereocenters. The molecule has 1 aliphatic carbocycles. The van der Waals surface area contributed by atoms with E-state index in [0.717, 1.165) is 30.9 Å². The zero-order valence-electron chi connectivity index (χ0n) is 12.6. The molecule has 0 saturated carbocycles. The molecule has 0 heterocycles. The molecule has 0 saturated heterocycles. The Kier molecular flexibility index (Phi) is 5.62. The quantitative estimate of drug-likeness (QED) is 0.612. The second kappa shape index (κ2) is 7.46. The van der Waals surface area contributed by atoms with Crippen LogP contribution >= 0.6 is 0 Å². The molecule has 110 valence electrons. The zero-order chi connectivity index (χ0) is 14.4. The number of fused-ring (bicyclic) bond motifs is 1. The number of hydrogen-bond donors (Lipinski definition) is 1. The summed E-state index contributed by atoms with van der Waals surface area (Å²) in [6, 6.07) is 6.86. The molecule has 0 aromatic heterocycles. The van der Waals surface area contributed by atoms with Crippen LogP contribution in [-0.4, -0.2) is 26.9 Å². The zero-order valence-corrected chi connectivity index (χ0v) is 12.6. The summed E-state index contributed by atoms with van der Waals surface area (Å²) in [4.78, 5) is 0. The minimum absolute atomic E-state index is 0.443. The first-order chi connectivity index (χ1) is 9.70. The van der Waals surface area contributed by atoms with E-state index in [1.807, 2.05) is 6.92 Å². The van der Waals surface area contributed by atoms with E-state index >= 15 is 0 Å². The maximum Gasteiger partial charge on any atom is 0.119 e. The van der Waals surface area contributed by atoms with Gasteiger partial charge < -0.3 is 14.8 Å². The summed E-state index contributed by atoms with van der Waals surface area (Å²) in [6.45, 7) is 8.08. The minimum atomic E-state index is 0.443. The van der Waals surface area contributed by atoms with E-state index in [4.69, 9.17) is 9.47 Å². The summed E-state index contributed by atoms with van der Waals surface area (Å²) >= 11 is 0. The van der Waals surface area contributed by atoms with Gasteiger partial charge >= 0.3 is 0 Å². The van der Waals surface area contributed by atoms with Gasteiger partial charge in [-0.25, -0.2) is 0 Å². The van der Waals surface area contributed by atoms with E-state index in [1.165, 1.54) is 24.0 Å². The molecule has 3 heteroatoms. The second-order valence-corrected chi connectivity index (χ2v) is 5.47. The average Bonchev–Trinajstić information content (AvgIpc) is 2.46. The lowest BCUT2D eigenvalue weighted by Gasteiger charge is -2.27. The van der Waals surface area contributed by atoms with Gasteiger partial charge in [0.1, 0.15) is 5.75 Å². The molecule has 0 spiro atoms. The monoisotopic (exact) mass is 275 g/mol. The summed E-state index contributed by atoms with van der Waals surface area (Å²) in [5.41, 5.74) is 3.90. The van der Waals surface area contributed by atoms with Crippen molar-refractivity contribution in [2.24, 2.45) is 0 Å². The summed E-state index contributed by atoms with van der Waals surface area (Å²) in [6.07, 6.45) is 3.57. The lowest BCUT2D eigenvalue weighted by atomic mass is 9.87. The largest absolute Gasteiger partial charge is 0.497 e. The first-order valence-electron chi connectivity index (χ1n) is 7.33. The number of nitrogens with one attached hydrogen (secondary N) is 1. The van der Waals surface area contributed by atoms with Crippen molar-refractivity contribution in [3.8, 4) is 5.75 Å². The molecule has 3 nitrogen and oxygen atoms in total. The third-order valence-corrected chi connectivity index (χ3v) is 3.65. The van der Waals surface area contributed by atoms with E-state index in [1.54, 1.807) is 7.11 Å². The summed E-state index contributed by atoms with van der Waals surface area (Å²) in [5, 5.41) is 3.59. The molecule has 0 fully saturated rings. The van der Waals surface area contributed by atoms with Gasteiger partial charge in [-0.05, 0) is 49.4 Å². The second-order valence-electron chi connectivity index (χ2n) is 5.47. The fraction of sp³-hybridized carbons (Fsp3) is 0.529. The molecule has 1 aliphatic rings. The van der Waals surface area contributed by atoms with Crippen molar-refractivity contribution in [3.05, 3.63) is 41.5 Å². The van der Waals surface area contributed by atoms with Crippen molar-refractivity contribution in [3.63, 3.8) is 0 Å². The van der Waals surface area contributed by atoms with Crippen LogP contribution in [0.3, 0.4) is 0 Å². The van der Waals surface area contributed by atoms with Crippen molar-refractivity contribution < 1.29 is 9.47 Å². The number of benzene rings is 1. The Bertz CT molecular complexity index is 456. The Morgan fingerprint density at radius 2 is 2.30 bits per heavy atom. The maximum absolute atomic E-state index is 5.53. The molecular formula is C17H25NO2. The highest BCUT2D eigenvalue weighted by Crippen LogP contribution is 2.31. The molecule has 0 amide bonds. The Morgan fingerprint density at radius 1 is 1.45 bits per heavy atom. The third-order valence-electron chi connectivity index (χ3n) is 3.65. The highest BCUT2D eigenvalue weighted by molar-refractivity contribution is 5.39. The van der Waals surface area contributed by atoms with Gasteiger partial charge in [-0.3, -0.25) is 0 Å². The van der Waals surface area contributed by atoms with Crippen LogP contribution in [0.15, 0.2) is 30.4 Å². The van der Waals surface area contributed by atoms with Gasteiger partial charge in [0.05, 0.1) is 20.3 Å². The first kappa shape index (κ1) is 15.1. The van der Waals surface area contributed by atoms with Crippen molar-refractivity contribution in [1.82, 2.24) is 5.32 Å². The minimum Gasteiger partial charge on any atom is -0.497 e. The van der Waals surface area contributed by atoms with Crippen LogP contribution in [0.1, 0.15) is 36.9 Å². The third kappa shape index (κ3) is 4.09. The van der Waals surface area contributed by atoms with Crippen LogP contribution in [0, 0.1) is 0 Å². The van der Waals surface area contributed by atoms with Crippen LogP contribution < -0.4 is 10.1 Å². The predicted molar refractivity (Wildman–Crippen MR) is 82.3 cm³/mol. The summed E-state index contributed by atoms with van der Waals surface area (Å²) < 4.78 is 10.8. The fourth-order valence-electron chi connectivity index (χ4n) is 2.68. The first-order valence-corrected chi connectivity index (χ1v) is 7.33. The van der Waals surface area contributed by atoms with Crippen LogP contribution in [0.25, 0.3) is 0 Å². The predicted octanol–water partition coefficient (Wildman–Crippen LogP) is 3.25. The Labute approximate surface area is 122 Å². The van der Waals surface area contributed by atoms with Crippen molar-refractivity contribution in [2.75, 3.05) is 26.9 Å². The molecule has 2 rings (SSSR count). The molecule has 1 unspecified atom stereocenters. The Hall–Kier alpha value is -1.32. The molecule has 0 aliphatic heterocycles. The van der Waals surface area contributed by atoms with Gasteiger partial charge in [0.25, 0.3) is 0 Å². The number of rotatable bonds is 7. The molecule has 20 heavy (non-hydrogen) atoms. The van der Waals surface area contributed by atoms with Gasteiger partial charge in [-0.15, -0.1) is 0 Å². The Balaban J connectivity index is 1.87. The summed E-state index contributed by atoms with van der Waals surface area (Å²) in [7, 11) is 1.72. The van der Waals surface area contributed by atoms with E-state index < -0.39 is 0 Å². The van der Waals surface area contributed by atoms with Gasteiger partial charge in [0.15, 0.2) is 0 Å². The van der Waals surface area contributed by atoms with Crippen LogP contribution in [-0.2, 0) is 11.2 Å². The molecular weight excluding hydrogens is 250 g/mol. The van der Waals surface area contributed by atoms with Gasteiger partial charge in [-0.2, -0.15) is 0 Å². The van der Waals surface area contributed by atoms with Crippen molar-refractivity contribution in [2.45, 2.75) is 32.2 Å². The lowest BCUT2D eigenvalue weighted by Crippen LogP contribution is -2.28. The highest BCUT2D eigenvalue weighted by Gasteiger charge is 2.19. The van der Waals surface area contributed by atoms with E-state index in [2.05, 4.69) is 30.1 Å². The van der Waals surface area contributed by atoms with Crippen molar-refractivity contribution >= 4 is 0 Å². The van der Waals surface area contributed by atoms with Gasteiger partial charge in [0, 0.05) is 12.6 Å². The Morgan fingerprint density at radius 3 is 3.05 bits per heavy atom. The van der Waals surface area contributed by atoms with E-state index in [-0.39, 0.29) is 0 Å². The lowest BCUT2D eigenvalue weighted by molar-refractivity contribution is 0.154. The number of hydrogen-bond acceptors (Lipinski definition) is 3. The van der Waals surface area contributed by atoms with Crippen LogP contribution in [0.4, 0.5) is 0 Å². The molecule has 1 aromatic rings. The SMILES string of the molecule is C=C(C)COCCNC1CCCc2cc(OC)ccc21. The van der Waals surface area contributed by atoms with E-state index in [0.29, 0.717) is 12.6 Å². The van der Waals surface area contributed by atoms with Gasteiger partial charge in [0.2, 0.25) is 0 Å². The molecule has 1 aromatic carbocycles. The fourth-order valence-corrected chi connectivity index (χ4v) is 2.68. The number of methoxy groups -OCH3 is 1. The molecule has 1 N–H and O–H groups in total. The van der Waals surface area contributed by atoms with Crippen molar-refractivity contribution in [1.29, 1.82) is 0 Å². The topological polar surface area (TPSA) is 30.5 Å². The maximum atomic E-state index is 5.53. The van der Waals surface area contributed by atoms with E-state index in [9.17, 15) is 0 Å². The highest BCUT2D eigenvalue weighted by atomic mass is 16.5. The van der Waals surface area contributed by atoms with Crippen LogP contribution in [0.5, 0.6) is 5.75 Å². The standard InChI is InChI=1S/C17H25NO2/c1-13(2)12-20-10-9-18-17-6-4-5-14-11-15(19-3)7-8-16(14)17/h7-8,11,17-18H,1,4-6,9-10,12H2,2-3H3. The normalized spacial score (nSPS) is 17.6. The van der Waals surface area contributed by atoms with Gasteiger partial charge in [-0.1, -0.05) is 18.2 Å². The molecule has 0 bridgehead atoms. The average molecular weight is 275 g/mol. The smallest absolute Gasteiger partial charge is 0.119 e. The number of aryl methyl sites for hydroxylation is 1. The van der Waals surface area contributed by atoms with Crippen LogP contribution in [0.2, 0.25) is 0 Å².